The van der Waals surface area contributed by atoms with E-state index in [1.54, 1.807) is 0 Å². The van der Waals surface area contributed by atoms with Gasteiger partial charge in [0.25, 0.3) is 0 Å². The maximum absolute atomic E-state index is 12.0. The number of amides is 1. The topological polar surface area (TPSA) is 66.8 Å². The molecule has 0 aromatic rings. The van der Waals surface area contributed by atoms with Gasteiger partial charge in [-0.05, 0) is 0 Å². The van der Waals surface area contributed by atoms with E-state index in [-0.39, 0.29) is 18.1 Å². The number of hydrogen-bond acceptors (Lipinski definition) is 3. The van der Waals surface area contributed by atoms with Gasteiger partial charge < -0.3 is 14.7 Å². The summed E-state index contributed by atoms with van der Waals surface area (Å²) in [5.41, 5.74) is 0. The molecule has 1 fully saturated rings. The Hall–Kier alpha value is -1.31. The van der Waals surface area contributed by atoms with Gasteiger partial charge in [0.1, 0.15) is 0 Å². The van der Waals surface area contributed by atoms with Crippen LogP contribution in [0.2, 0.25) is 0 Å². The van der Waals surface area contributed by atoms with Crippen molar-refractivity contribution in [2.45, 2.75) is 12.2 Å². The van der Waals surface area contributed by atoms with E-state index < -0.39 is 30.7 Å². The number of carbonyl (C=O) groups excluding carboxylic acids is 1. The highest BCUT2D eigenvalue weighted by Crippen LogP contribution is 2.21. The Balaban J connectivity index is 2.81. The van der Waals surface area contributed by atoms with Gasteiger partial charge in [0.15, 0.2) is 6.04 Å². The lowest BCUT2D eigenvalue weighted by atomic mass is 10.2. The summed E-state index contributed by atoms with van der Waals surface area (Å²) in [6.45, 7) is -0.877. The van der Waals surface area contributed by atoms with Crippen LogP contribution in [0.5, 0.6) is 0 Å². The Labute approximate surface area is 82.4 Å². The molecule has 0 aromatic heterocycles. The average Bonchev–Trinajstić information content (AvgIpc) is 2.15. The van der Waals surface area contributed by atoms with E-state index in [0.717, 1.165) is 0 Å². The molecule has 0 spiro atoms. The zero-order valence-electron chi connectivity index (χ0n) is 7.45. The summed E-state index contributed by atoms with van der Waals surface area (Å²) in [6.07, 6.45) is -5.05. The third-order valence-corrected chi connectivity index (χ3v) is 1.92. The first kappa shape index (κ1) is 11.8. The number of ether oxygens (including phenoxy) is 1. The number of aliphatic carboxylic acids is 1. The Morgan fingerprint density at radius 2 is 2.00 bits per heavy atom. The van der Waals surface area contributed by atoms with Crippen molar-refractivity contribution < 1.29 is 32.6 Å². The lowest BCUT2D eigenvalue weighted by Crippen LogP contribution is -2.56. The first-order valence-corrected chi connectivity index (χ1v) is 4.02. The first-order valence-electron chi connectivity index (χ1n) is 4.02. The monoisotopic (exact) mass is 227 g/mol. The largest absolute Gasteiger partial charge is 0.480 e. The van der Waals surface area contributed by atoms with E-state index in [0.29, 0.717) is 0 Å². The van der Waals surface area contributed by atoms with Crippen LogP contribution >= 0.6 is 0 Å². The molecule has 0 unspecified atom stereocenters. The normalized spacial score (nSPS) is 22.6. The van der Waals surface area contributed by atoms with Crippen molar-refractivity contribution in [3.63, 3.8) is 0 Å². The van der Waals surface area contributed by atoms with Gasteiger partial charge in [0.05, 0.1) is 13.2 Å². The molecule has 1 amide bonds. The van der Waals surface area contributed by atoms with Crippen LogP contribution in [0.1, 0.15) is 0 Å². The van der Waals surface area contributed by atoms with Crippen LogP contribution < -0.4 is 0 Å². The Morgan fingerprint density at radius 1 is 1.40 bits per heavy atom. The second kappa shape index (κ2) is 4.05. The highest BCUT2D eigenvalue weighted by molar-refractivity contribution is 5.87. The lowest BCUT2D eigenvalue weighted by Gasteiger charge is -2.33. The smallest absolute Gasteiger partial charge is 0.471 e. The SMILES string of the molecule is O=C(O)[C@@H]1COCCN1C(=O)C(F)(F)F. The van der Waals surface area contributed by atoms with Gasteiger partial charge in [0.2, 0.25) is 0 Å². The Kier molecular flexibility index (Phi) is 3.18. The molecule has 1 aliphatic rings. The van der Waals surface area contributed by atoms with Gasteiger partial charge in [-0.1, -0.05) is 0 Å². The van der Waals surface area contributed by atoms with Crippen LogP contribution in [0.4, 0.5) is 13.2 Å². The fourth-order valence-corrected chi connectivity index (χ4v) is 1.21. The van der Waals surface area contributed by atoms with Crippen molar-refractivity contribution in [2.75, 3.05) is 19.8 Å². The number of morpholine rings is 1. The fourth-order valence-electron chi connectivity index (χ4n) is 1.21. The summed E-state index contributed by atoms with van der Waals surface area (Å²) in [5.74, 6) is -3.65. The average molecular weight is 227 g/mol. The number of carboxylic acids is 1. The molecular weight excluding hydrogens is 219 g/mol. The summed E-state index contributed by atoms with van der Waals surface area (Å²) >= 11 is 0. The molecule has 1 heterocycles. The van der Waals surface area contributed by atoms with E-state index >= 15 is 0 Å². The number of carbonyl (C=O) groups is 2. The van der Waals surface area contributed by atoms with E-state index in [9.17, 15) is 22.8 Å². The molecule has 5 nitrogen and oxygen atoms in total. The highest BCUT2D eigenvalue weighted by Gasteiger charge is 2.47. The van der Waals surface area contributed by atoms with Gasteiger partial charge in [-0.2, -0.15) is 13.2 Å². The van der Waals surface area contributed by atoms with E-state index in [2.05, 4.69) is 0 Å². The summed E-state index contributed by atoms with van der Waals surface area (Å²) in [5, 5.41) is 8.58. The number of rotatable bonds is 1. The van der Waals surface area contributed by atoms with E-state index in [1.807, 2.05) is 0 Å². The van der Waals surface area contributed by atoms with Crippen LogP contribution in [0, 0.1) is 0 Å². The van der Waals surface area contributed by atoms with Crippen molar-refractivity contribution in [1.82, 2.24) is 4.90 Å². The summed E-state index contributed by atoms with van der Waals surface area (Å²) < 4.78 is 40.8. The maximum Gasteiger partial charge on any atom is 0.471 e. The summed E-state index contributed by atoms with van der Waals surface area (Å²) in [6, 6.07) is -1.56. The quantitative estimate of drug-likeness (QED) is 0.677. The van der Waals surface area contributed by atoms with Gasteiger partial charge in [-0.15, -0.1) is 0 Å². The Bertz CT molecular complexity index is 278. The fraction of sp³-hybridized carbons (Fsp3) is 0.714. The molecule has 0 aromatic carbocycles. The van der Waals surface area contributed by atoms with Crippen LogP contribution in [-0.2, 0) is 14.3 Å². The van der Waals surface area contributed by atoms with Gasteiger partial charge >= 0.3 is 18.1 Å². The molecule has 8 heteroatoms. The number of halogens is 3. The Morgan fingerprint density at radius 3 is 2.47 bits per heavy atom. The van der Waals surface area contributed by atoms with Gasteiger partial charge in [-0.25, -0.2) is 4.79 Å². The maximum atomic E-state index is 12.0. The lowest BCUT2D eigenvalue weighted by molar-refractivity contribution is -0.195. The predicted octanol–water partition coefficient (Wildman–Crippen LogP) is -0.139. The molecule has 1 aliphatic heterocycles. The van der Waals surface area contributed by atoms with Crippen molar-refractivity contribution in [3.05, 3.63) is 0 Å². The number of hydrogen-bond donors (Lipinski definition) is 1. The number of alkyl halides is 3. The number of carboxylic acid groups (broad SMARTS) is 1. The van der Waals surface area contributed by atoms with Crippen molar-refractivity contribution in [1.29, 1.82) is 0 Å². The minimum atomic E-state index is -5.05. The summed E-state index contributed by atoms with van der Waals surface area (Å²) in [4.78, 5) is 21.6. The van der Waals surface area contributed by atoms with E-state index in [1.165, 1.54) is 0 Å². The molecule has 0 saturated carbocycles. The second-order valence-corrected chi connectivity index (χ2v) is 2.93. The van der Waals surface area contributed by atoms with Crippen LogP contribution in [0.3, 0.4) is 0 Å². The predicted molar refractivity (Wildman–Crippen MR) is 40.0 cm³/mol. The molecule has 15 heavy (non-hydrogen) atoms. The standard InChI is InChI=1S/C7H8F3NO4/c8-7(9,10)6(14)11-1-2-15-3-4(11)5(12)13/h4H,1-3H2,(H,12,13)/t4-/m0/s1. The first-order chi connectivity index (χ1) is 6.84. The second-order valence-electron chi connectivity index (χ2n) is 2.93. The molecular formula is C7H8F3NO4. The minimum Gasteiger partial charge on any atom is -0.480 e. The summed E-state index contributed by atoms with van der Waals surface area (Å²) in [7, 11) is 0. The molecule has 0 bridgehead atoms. The van der Waals surface area contributed by atoms with Crippen molar-refractivity contribution in [3.8, 4) is 0 Å². The third-order valence-electron chi connectivity index (χ3n) is 1.92. The molecule has 0 aliphatic carbocycles. The van der Waals surface area contributed by atoms with Crippen LogP contribution in [0.15, 0.2) is 0 Å². The van der Waals surface area contributed by atoms with Crippen molar-refractivity contribution >= 4 is 11.9 Å². The highest BCUT2D eigenvalue weighted by atomic mass is 19.4. The molecule has 1 rings (SSSR count). The molecule has 86 valence electrons. The van der Waals surface area contributed by atoms with Crippen molar-refractivity contribution in [2.24, 2.45) is 0 Å². The van der Waals surface area contributed by atoms with Crippen LogP contribution in [0.25, 0.3) is 0 Å². The van der Waals surface area contributed by atoms with Gasteiger partial charge in [0, 0.05) is 6.54 Å². The van der Waals surface area contributed by atoms with Gasteiger partial charge in [-0.3, -0.25) is 4.79 Å². The molecule has 1 N–H and O–H groups in total. The molecule has 0 radical (unpaired) electrons. The third kappa shape index (κ3) is 2.58. The van der Waals surface area contributed by atoms with E-state index in [4.69, 9.17) is 9.84 Å². The number of nitrogens with zero attached hydrogens (tertiary/aromatic N) is 1. The molecule has 1 atom stereocenters. The van der Waals surface area contributed by atoms with Crippen LogP contribution in [-0.4, -0.2) is 53.9 Å². The zero-order chi connectivity index (χ0) is 11.6. The zero-order valence-corrected chi connectivity index (χ0v) is 7.45. The minimum absolute atomic E-state index is 0.0917. The molecule has 1 saturated heterocycles.